The van der Waals surface area contributed by atoms with E-state index in [2.05, 4.69) is 17.2 Å². The topological polar surface area (TPSA) is 49.3 Å². The summed E-state index contributed by atoms with van der Waals surface area (Å²) in [5.41, 5.74) is 0.186. The molecule has 0 spiro atoms. The van der Waals surface area contributed by atoms with Crippen LogP contribution in [-0.4, -0.2) is 23.2 Å². The molecule has 1 aromatic carbocycles. The fourth-order valence-corrected chi connectivity index (χ4v) is 1.77. The maximum absolute atomic E-state index is 14.0. The molecule has 0 fully saturated rings. The minimum atomic E-state index is -0.585. The van der Waals surface area contributed by atoms with E-state index in [1.54, 1.807) is 6.07 Å². The minimum absolute atomic E-state index is 0.0239. The molecule has 0 saturated carbocycles. The number of nitrogens with one attached hydrogen (secondary N) is 1. The molecule has 0 aromatic heterocycles. The highest BCUT2D eigenvalue weighted by Gasteiger charge is 2.23. The maximum atomic E-state index is 14.0. The summed E-state index contributed by atoms with van der Waals surface area (Å²) in [6.07, 6.45) is 1.90. The zero-order chi connectivity index (χ0) is 15.9. The van der Waals surface area contributed by atoms with E-state index in [-0.39, 0.29) is 17.7 Å². The molecule has 0 bridgehead atoms. The van der Waals surface area contributed by atoms with E-state index in [4.69, 9.17) is 5.11 Å². The van der Waals surface area contributed by atoms with Crippen molar-refractivity contribution in [2.75, 3.05) is 6.61 Å². The van der Waals surface area contributed by atoms with E-state index in [1.807, 2.05) is 20.8 Å². The Balaban J connectivity index is 2.90. The van der Waals surface area contributed by atoms with Crippen molar-refractivity contribution in [2.24, 2.45) is 0 Å². The van der Waals surface area contributed by atoms with Gasteiger partial charge < -0.3 is 10.4 Å². The van der Waals surface area contributed by atoms with Gasteiger partial charge in [0.2, 0.25) is 0 Å². The zero-order valence-corrected chi connectivity index (χ0v) is 12.8. The molecule has 0 heterocycles. The summed E-state index contributed by atoms with van der Waals surface area (Å²) in [5, 5.41) is 11.5. The molecule has 0 aliphatic heterocycles. The molecule has 1 rings (SSSR count). The first-order chi connectivity index (χ1) is 9.95. The van der Waals surface area contributed by atoms with Crippen molar-refractivity contribution in [1.29, 1.82) is 0 Å². The molecule has 0 radical (unpaired) electrons. The molecule has 0 unspecified atom stereocenters. The van der Waals surface area contributed by atoms with Crippen LogP contribution < -0.4 is 5.32 Å². The number of aliphatic hydroxyl groups excluding tert-OH is 1. The van der Waals surface area contributed by atoms with E-state index < -0.39 is 11.7 Å². The van der Waals surface area contributed by atoms with Crippen molar-refractivity contribution in [2.45, 2.75) is 45.6 Å². The molecule has 0 atom stereocenters. The van der Waals surface area contributed by atoms with Gasteiger partial charge in [-0.05, 0) is 38.0 Å². The lowest BCUT2D eigenvalue weighted by Gasteiger charge is -2.28. The highest BCUT2D eigenvalue weighted by Crippen LogP contribution is 2.16. The number of carbonyl (C=O) groups excluding carboxylic acids is 1. The van der Waals surface area contributed by atoms with Gasteiger partial charge in [-0.2, -0.15) is 0 Å². The number of halogens is 1. The molecule has 21 heavy (non-hydrogen) atoms. The van der Waals surface area contributed by atoms with E-state index in [0.717, 1.165) is 12.8 Å². The highest BCUT2D eigenvalue weighted by molar-refractivity contribution is 5.95. The number of amides is 1. The van der Waals surface area contributed by atoms with E-state index in [9.17, 15) is 9.18 Å². The van der Waals surface area contributed by atoms with E-state index >= 15 is 0 Å². The SMILES string of the molecule is CCC(C)(CC)NC(=O)c1ccc(C#CCCO)cc1F. The van der Waals surface area contributed by atoms with Crippen LogP contribution >= 0.6 is 0 Å². The molecule has 0 aliphatic carbocycles. The number of hydrogen-bond acceptors (Lipinski definition) is 2. The van der Waals surface area contributed by atoms with Crippen molar-refractivity contribution in [3.8, 4) is 11.8 Å². The summed E-state index contributed by atoms with van der Waals surface area (Å²) in [4.78, 5) is 12.2. The Morgan fingerprint density at radius 1 is 1.38 bits per heavy atom. The van der Waals surface area contributed by atoms with Gasteiger partial charge in [-0.3, -0.25) is 4.79 Å². The fraction of sp³-hybridized carbons (Fsp3) is 0.471. The summed E-state index contributed by atoms with van der Waals surface area (Å²) >= 11 is 0. The quantitative estimate of drug-likeness (QED) is 0.820. The van der Waals surface area contributed by atoms with Gasteiger partial charge in [0.25, 0.3) is 5.91 Å². The molecule has 3 nitrogen and oxygen atoms in total. The monoisotopic (exact) mass is 291 g/mol. The first-order valence-corrected chi connectivity index (χ1v) is 7.17. The molecule has 114 valence electrons. The molecule has 4 heteroatoms. The average molecular weight is 291 g/mol. The van der Waals surface area contributed by atoms with Crippen molar-refractivity contribution in [3.63, 3.8) is 0 Å². The number of hydrogen-bond donors (Lipinski definition) is 2. The van der Waals surface area contributed by atoms with Gasteiger partial charge in [0.15, 0.2) is 0 Å². The van der Waals surface area contributed by atoms with Crippen molar-refractivity contribution < 1.29 is 14.3 Å². The third-order valence-corrected chi connectivity index (χ3v) is 3.66. The van der Waals surface area contributed by atoms with E-state index in [1.165, 1.54) is 12.1 Å². The number of aliphatic hydroxyl groups is 1. The van der Waals surface area contributed by atoms with Crippen LogP contribution in [0.2, 0.25) is 0 Å². The van der Waals surface area contributed by atoms with Crippen LogP contribution in [0.4, 0.5) is 4.39 Å². The van der Waals surface area contributed by atoms with Gasteiger partial charge in [-0.15, -0.1) is 0 Å². The molecule has 0 saturated heterocycles. The molecule has 0 aliphatic rings. The first kappa shape index (κ1) is 17.2. The Bertz CT molecular complexity index is 554. The molecule has 1 aromatic rings. The maximum Gasteiger partial charge on any atom is 0.254 e. The highest BCUT2D eigenvalue weighted by atomic mass is 19.1. The van der Waals surface area contributed by atoms with Gasteiger partial charge in [0, 0.05) is 17.5 Å². The molecular formula is C17H22FNO2. The third kappa shape index (κ3) is 4.87. The normalized spacial score (nSPS) is 10.7. The third-order valence-electron chi connectivity index (χ3n) is 3.66. The van der Waals surface area contributed by atoms with Gasteiger partial charge in [-0.1, -0.05) is 25.7 Å². The predicted octanol–water partition coefficient (Wildman–Crippen LogP) is 2.87. The first-order valence-electron chi connectivity index (χ1n) is 7.17. The standard InChI is InChI=1S/C17H22FNO2/c1-4-17(3,5-2)19-16(21)14-10-9-13(12-15(14)18)8-6-7-11-20/h9-10,12,20H,4-5,7,11H2,1-3H3,(H,19,21). The summed E-state index contributed by atoms with van der Waals surface area (Å²) in [6.45, 7) is 5.89. The van der Waals surface area contributed by atoms with Crippen LogP contribution in [0.15, 0.2) is 18.2 Å². The van der Waals surface area contributed by atoms with Gasteiger partial charge >= 0.3 is 0 Å². The number of benzene rings is 1. The van der Waals surface area contributed by atoms with E-state index in [0.29, 0.717) is 12.0 Å². The van der Waals surface area contributed by atoms with Crippen molar-refractivity contribution in [1.82, 2.24) is 5.32 Å². The Labute approximate surface area is 125 Å². The van der Waals surface area contributed by atoms with Gasteiger partial charge in [0.05, 0.1) is 12.2 Å². The largest absolute Gasteiger partial charge is 0.395 e. The van der Waals surface area contributed by atoms with Crippen LogP contribution in [0.3, 0.4) is 0 Å². The zero-order valence-electron chi connectivity index (χ0n) is 12.8. The lowest BCUT2D eigenvalue weighted by molar-refractivity contribution is 0.0897. The van der Waals surface area contributed by atoms with Gasteiger partial charge in [-0.25, -0.2) is 4.39 Å². The summed E-state index contributed by atoms with van der Waals surface area (Å²) in [5.74, 6) is 4.46. The van der Waals surface area contributed by atoms with Crippen LogP contribution in [0, 0.1) is 17.7 Å². The summed E-state index contributed by atoms with van der Waals surface area (Å²) < 4.78 is 14.0. The predicted molar refractivity (Wildman–Crippen MR) is 81.4 cm³/mol. The van der Waals surface area contributed by atoms with Crippen LogP contribution in [0.5, 0.6) is 0 Å². The van der Waals surface area contributed by atoms with Crippen LogP contribution in [0.25, 0.3) is 0 Å². The smallest absolute Gasteiger partial charge is 0.254 e. The second-order valence-electron chi connectivity index (χ2n) is 5.19. The minimum Gasteiger partial charge on any atom is -0.395 e. The lowest BCUT2D eigenvalue weighted by atomic mass is 9.95. The fourth-order valence-electron chi connectivity index (χ4n) is 1.77. The van der Waals surface area contributed by atoms with Gasteiger partial charge in [0.1, 0.15) is 5.82 Å². The lowest BCUT2D eigenvalue weighted by Crippen LogP contribution is -2.45. The van der Waals surface area contributed by atoms with Crippen LogP contribution in [0.1, 0.15) is 56.0 Å². The molecular weight excluding hydrogens is 269 g/mol. The van der Waals surface area contributed by atoms with Crippen molar-refractivity contribution in [3.05, 3.63) is 35.1 Å². The molecule has 1 amide bonds. The summed E-state index contributed by atoms with van der Waals surface area (Å²) in [6, 6.07) is 4.30. The second kappa shape index (κ2) is 7.80. The number of carbonyl (C=O) groups is 1. The molecule has 2 N–H and O–H groups in total. The average Bonchev–Trinajstić information content (AvgIpc) is 2.47. The second-order valence-corrected chi connectivity index (χ2v) is 5.19. The van der Waals surface area contributed by atoms with Crippen LogP contribution in [-0.2, 0) is 0 Å². The Kier molecular flexibility index (Phi) is 6.39. The summed E-state index contributed by atoms with van der Waals surface area (Å²) in [7, 11) is 0. The Morgan fingerprint density at radius 2 is 2.05 bits per heavy atom. The number of rotatable bonds is 5. The van der Waals surface area contributed by atoms with Crippen molar-refractivity contribution >= 4 is 5.91 Å². The Morgan fingerprint density at radius 3 is 2.57 bits per heavy atom. The Hall–Kier alpha value is -1.86.